The third-order valence-electron chi connectivity index (χ3n) is 5.08. The molecule has 8 nitrogen and oxygen atoms in total. The summed E-state index contributed by atoms with van der Waals surface area (Å²) in [5.74, 6) is 0.324. The van der Waals surface area contributed by atoms with E-state index >= 15 is 0 Å². The number of anilines is 1. The summed E-state index contributed by atoms with van der Waals surface area (Å²) in [6.45, 7) is 1.56. The number of nitrogens with one attached hydrogen (secondary N) is 1. The number of rotatable bonds is 10. The molecule has 1 N–H and O–H groups in total. The number of amides is 1. The molecule has 0 bridgehead atoms. The van der Waals surface area contributed by atoms with E-state index in [1.54, 1.807) is 43.3 Å². The molecule has 12 heteroatoms. The second-order valence-electron chi connectivity index (χ2n) is 7.94. The molecule has 0 fully saturated rings. The number of ether oxygens (including phenoxy) is 2. The standard InChI is InChI=1S/C25H24BrCl2N3O5S/c1-16-4-7-20(28)12-22(16)31(37(3,33)34)14-24(32)30-29-13-18-10-21(26)25(23(11-18)35-2)36-15-17-5-8-19(27)9-6-17/h4-13H,14-15H2,1-3H3,(H,30,32)/b29-13-. The van der Waals surface area contributed by atoms with E-state index in [1.807, 2.05) is 12.1 Å². The van der Waals surface area contributed by atoms with Gasteiger partial charge in [0.15, 0.2) is 11.5 Å². The third-order valence-corrected chi connectivity index (χ3v) is 7.28. The molecule has 0 atom stereocenters. The van der Waals surface area contributed by atoms with Crippen LogP contribution in [0.15, 0.2) is 64.2 Å². The Morgan fingerprint density at radius 2 is 1.78 bits per heavy atom. The summed E-state index contributed by atoms with van der Waals surface area (Å²) >= 11 is 15.4. The highest BCUT2D eigenvalue weighted by Crippen LogP contribution is 2.37. The number of aryl methyl sites for hydroxylation is 1. The highest BCUT2D eigenvalue weighted by atomic mass is 79.9. The molecular formula is C25H24BrCl2N3O5S. The van der Waals surface area contributed by atoms with Crippen molar-refractivity contribution in [1.82, 2.24) is 5.43 Å². The van der Waals surface area contributed by atoms with Crippen molar-refractivity contribution in [2.75, 3.05) is 24.2 Å². The quantitative estimate of drug-likeness (QED) is 0.234. The lowest BCUT2D eigenvalue weighted by Gasteiger charge is -2.23. The first-order valence-electron chi connectivity index (χ1n) is 10.8. The lowest BCUT2D eigenvalue weighted by Crippen LogP contribution is -2.39. The molecule has 0 saturated heterocycles. The van der Waals surface area contributed by atoms with E-state index in [9.17, 15) is 13.2 Å². The number of nitrogens with zero attached hydrogens (tertiary/aromatic N) is 2. The average molecular weight is 629 g/mol. The first-order chi connectivity index (χ1) is 17.5. The molecule has 3 aromatic carbocycles. The first kappa shape index (κ1) is 28.8. The molecule has 0 aromatic heterocycles. The van der Waals surface area contributed by atoms with Gasteiger partial charge in [-0.15, -0.1) is 0 Å². The minimum atomic E-state index is -3.76. The number of hydrazone groups is 1. The van der Waals surface area contributed by atoms with E-state index in [2.05, 4.69) is 26.5 Å². The summed E-state index contributed by atoms with van der Waals surface area (Å²) in [5.41, 5.74) is 4.86. The fourth-order valence-corrected chi connectivity index (χ4v) is 5.04. The van der Waals surface area contributed by atoms with Gasteiger partial charge in [-0.1, -0.05) is 41.4 Å². The molecule has 0 aliphatic rings. The molecule has 37 heavy (non-hydrogen) atoms. The highest BCUT2D eigenvalue weighted by Gasteiger charge is 2.22. The van der Waals surface area contributed by atoms with Gasteiger partial charge in [0.1, 0.15) is 13.2 Å². The highest BCUT2D eigenvalue weighted by molar-refractivity contribution is 9.10. The van der Waals surface area contributed by atoms with Crippen LogP contribution in [0.3, 0.4) is 0 Å². The Kier molecular flexibility index (Phi) is 9.83. The fraction of sp³-hybridized carbons (Fsp3) is 0.200. The minimum Gasteiger partial charge on any atom is -0.493 e. The van der Waals surface area contributed by atoms with Crippen LogP contribution < -0.4 is 19.2 Å². The van der Waals surface area contributed by atoms with Crippen molar-refractivity contribution in [1.29, 1.82) is 0 Å². The second-order valence-corrected chi connectivity index (χ2v) is 11.6. The number of sulfonamides is 1. The predicted molar refractivity (Wildman–Crippen MR) is 151 cm³/mol. The van der Waals surface area contributed by atoms with Gasteiger partial charge in [-0.25, -0.2) is 13.8 Å². The van der Waals surface area contributed by atoms with Gasteiger partial charge in [-0.2, -0.15) is 5.10 Å². The largest absolute Gasteiger partial charge is 0.493 e. The topological polar surface area (TPSA) is 97.3 Å². The summed E-state index contributed by atoms with van der Waals surface area (Å²) < 4.78 is 37.7. The van der Waals surface area contributed by atoms with Crippen LogP contribution in [-0.2, 0) is 21.4 Å². The van der Waals surface area contributed by atoms with Gasteiger partial charge >= 0.3 is 0 Å². The van der Waals surface area contributed by atoms with Crippen LogP contribution in [0.25, 0.3) is 0 Å². The van der Waals surface area contributed by atoms with Gasteiger partial charge in [-0.05, 0) is 75.9 Å². The normalized spacial score (nSPS) is 11.4. The predicted octanol–water partition coefficient (Wildman–Crippen LogP) is 5.57. The number of carbonyl (C=O) groups is 1. The van der Waals surface area contributed by atoms with E-state index < -0.39 is 22.5 Å². The molecule has 0 saturated carbocycles. The molecule has 0 aliphatic carbocycles. The molecule has 0 aliphatic heterocycles. The molecular weight excluding hydrogens is 605 g/mol. The van der Waals surface area contributed by atoms with Crippen LogP contribution in [0.1, 0.15) is 16.7 Å². The van der Waals surface area contributed by atoms with E-state index in [-0.39, 0.29) is 0 Å². The van der Waals surface area contributed by atoms with Gasteiger partial charge in [0, 0.05) is 10.0 Å². The van der Waals surface area contributed by atoms with Gasteiger partial charge in [0.2, 0.25) is 10.0 Å². The van der Waals surface area contributed by atoms with Crippen molar-refractivity contribution in [3.8, 4) is 11.5 Å². The Labute approximate surface area is 234 Å². The van der Waals surface area contributed by atoms with Crippen molar-refractivity contribution in [2.45, 2.75) is 13.5 Å². The van der Waals surface area contributed by atoms with Crippen LogP contribution in [0.2, 0.25) is 10.0 Å². The molecule has 196 valence electrons. The Balaban J connectivity index is 1.69. The lowest BCUT2D eigenvalue weighted by molar-refractivity contribution is -0.119. The monoisotopic (exact) mass is 627 g/mol. The molecule has 0 spiro atoms. The van der Waals surface area contributed by atoms with Gasteiger partial charge < -0.3 is 9.47 Å². The minimum absolute atomic E-state index is 0.304. The Morgan fingerprint density at radius 1 is 1.11 bits per heavy atom. The van der Waals surface area contributed by atoms with Gasteiger partial charge in [-0.3, -0.25) is 9.10 Å². The number of carbonyl (C=O) groups excluding carboxylic acids is 1. The summed E-state index contributed by atoms with van der Waals surface area (Å²) in [6.07, 6.45) is 2.42. The summed E-state index contributed by atoms with van der Waals surface area (Å²) in [5, 5.41) is 4.95. The van der Waals surface area contributed by atoms with E-state index in [1.165, 1.54) is 19.4 Å². The van der Waals surface area contributed by atoms with Crippen molar-refractivity contribution < 1.29 is 22.7 Å². The van der Waals surface area contributed by atoms with E-state index in [0.717, 1.165) is 16.1 Å². The number of hydrogen-bond donors (Lipinski definition) is 1. The number of hydrogen-bond acceptors (Lipinski definition) is 6. The third kappa shape index (κ3) is 8.10. The van der Waals surface area contributed by atoms with E-state index in [0.29, 0.717) is 49.4 Å². The zero-order valence-corrected chi connectivity index (χ0v) is 24.1. The lowest BCUT2D eigenvalue weighted by atomic mass is 10.2. The molecule has 3 rings (SSSR count). The number of methoxy groups -OCH3 is 1. The van der Waals surface area contributed by atoms with Crippen LogP contribution in [0, 0.1) is 6.92 Å². The molecule has 0 heterocycles. The Morgan fingerprint density at radius 3 is 2.43 bits per heavy atom. The second kappa shape index (κ2) is 12.6. The van der Waals surface area contributed by atoms with Gasteiger partial charge in [0.25, 0.3) is 5.91 Å². The zero-order chi connectivity index (χ0) is 27.2. The van der Waals surface area contributed by atoms with Crippen LogP contribution in [0.5, 0.6) is 11.5 Å². The van der Waals surface area contributed by atoms with Crippen molar-refractivity contribution >= 4 is 67.0 Å². The number of halogens is 3. The smallest absolute Gasteiger partial charge is 0.260 e. The molecule has 1 amide bonds. The maximum atomic E-state index is 12.5. The maximum Gasteiger partial charge on any atom is 0.260 e. The van der Waals surface area contributed by atoms with E-state index in [4.69, 9.17) is 32.7 Å². The molecule has 0 radical (unpaired) electrons. The zero-order valence-electron chi connectivity index (χ0n) is 20.2. The Hall–Kier alpha value is -2.79. The van der Waals surface area contributed by atoms with Gasteiger partial charge in [0.05, 0.1) is 29.7 Å². The summed E-state index contributed by atoms with van der Waals surface area (Å²) in [4.78, 5) is 12.5. The average Bonchev–Trinajstić information content (AvgIpc) is 2.83. The van der Waals surface area contributed by atoms with Crippen LogP contribution >= 0.6 is 39.1 Å². The first-order valence-corrected chi connectivity index (χ1v) is 14.2. The van der Waals surface area contributed by atoms with Crippen molar-refractivity contribution in [2.24, 2.45) is 5.10 Å². The van der Waals surface area contributed by atoms with Crippen molar-refractivity contribution in [3.05, 3.63) is 85.8 Å². The summed E-state index contributed by atoms with van der Waals surface area (Å²) in [7, 11) is -2.25. The Bertz CT molecular complexity index is 1420. The summed E-state index contributed by atoms with van der Waals surface area (Å²) in [6, 6.07) is 15.6. The van der Waals surface area contributed by atoms with Crippen LogP contribution in [-0.4, -0.2) is 40.4 Å². The molecule has 0 unspecified atom stereocenters. The fourth-order valence-electron chi connectivity index (χ4n) is 3.27. The number of benzene rings is 3. The molecule has 3 aromatic rings. The SMILES string of the molecule is COc1cc(/C=N\NC(=O)CN(c2cc(Cl)ccc2C)S(C)(=O)=O)cc(Br)c1OCc1ccc(Cl)cc1. The maximum absolute atomic E-state index is 12.5. The van der Waals surface area contributed by atoms with Crippen LogP contribution in [0.4, 0.5) is 5.69 Å². The van der Waals surface area contributed by atoms with Crippen molar-refractivity contribution in [3.63, 3.8) is 0 Å².